The number of nitrogens with two attached hydrogens (primary N) is 2. The van der Waals surface area contributed by atoms with Crippen molar-refractivity contribution < 1.29 is 4.39 Å². The second-order valence-electron chi connectivity index (χ2n) is 4.12. The van der Waals surface area contributed by atoms with Gasteiger partial charge in [0.2, 0.25) is 5.28 Å². The molecule has 1 aromatic heterocycles. The largest absolute Gasteiger partial charge is 0.401 e. The zero-order valence-electron chi connectivity index (χ0n) is 9.19. The first kappa shape index (κ1) is 12.0. The lowest BCUT2D eigenvalue weighted by molar-refractivity contribution is 0.447. The molecule has 0 aliphatic heterocycles. The smallest absolute Gasteiger partial charge is 0.222 e. The van der Waals surface area contributed by atoms with Gasteiger partial charge in [-0.1, -0.05) is 12.2 Å². The second-order valence-corrected chi connectivity index (χ2v) is 4.46. The molecule has 0 spiro atoms. The molecule has 0 bridgehead atoms. The summed E-state index contributed by atoms with van der Waals surface area (Å²) in [4.78, 5) is 7.50. The van der Waals surface area contributed by atoms with Gasteiger partial charge in [-0.2, -0.15) is 0 Å². The predicted molar refractivity (Wildman–Crippen MR) is 63.7 cm³/mol. The Hall–Kier alpha value is -1.46. The van der Waals surface area contributed by atoms with E-state index >= 15 is 0 Å². The van der Waals surface area contributed by atoms with Crippen LogP contribution in [0.3, 0.4) is 0 Å². The molecule has 2 unspecified atom stereocenters. The molecular formula is C11H12ClFN4. The minimum Gasteiger partial charge on any atom is -0.401 e. The van der Waals surface area contributed by atoms with Crippen LogP contribution in [0, 0.1) is 5.82 Å². The second kappa shape index (κ2) is 4.09. The molecule has 1 aliphatic rings. The van der Waals surface area contributed by atoms with Gasteiger partial charge in [-0.15, -0.1) is 0 Å². The number of hydrogen-bond acceptors (Lipinski definition) is 4. The van der Waals surface area contributed by atoms with E-state index < -0.39 is 17.3 Å². The Morgan fingerprint density at radius 1 is 1.53 bits per heavy atom. The average Bonchev–Trinajstić information content (AvgIpc) is 2.29. The molecule has 90 valence electrons. The molecule has 0 saturated heterocycles. The van der Waals surface area contributed by atoms with Crippen LogP contribution < -0.4 is 11.5 Å². The lowest BCUT2D eigenvalue weighted by Gasteiger charge is -2.34. The van der Waals surface area contributed by atoms with Crippen LogP contribution in [0.1, 0.15) is 12.6 Å². The molecule has 6 heteroatoms. The molecule has 4 nitrogen and oxygen atoms in total. The molecule has 0 radical (unpaired) electrons. The number of allylic oxidation sites excluding steroid dienone is 2. The van der Waals surface area contributed by atoms with Gasteiger partial charge in [0.1, 0.15) is 0 Å². The van der Waals surface area contributed by atoms with Crippen molar-refractivity contribution in [3.8, 4) is 0 Å². The summed E-state index contributed by atoms with van der Waals surface area (Å²) in [5.41, 5.74) is 11.6. The Balaban J connectivity index is 2.56. The van der Waals surface area contributed by atoms with Gasteiger partial charge in [0, 0.05) is 5.70 Å². The number of halogens is 2. The van der Waals surface area contributed by atoms with Crippen molar-refractivity contribution in [3.63, 3.8) is 0 Å². The lowest BCUT2D eigenvalue weighted by Crippen LogP contribution is -2.47. The summed E-state index contributed by atoms with van der Waals surface area (Å²) in [7, 11) is 0. The third kappa shape index (κ3) is 1.92. The van der Waals surface area contributed by atoms with E-state index in [9.17, 15) is 4.39 Å². The van der Waals surface area contributed by atoms with Crippen molar-refractivity contribution in [2.75, 3.05) is 0 Å². The molecule has 2 rings (SSSR count). The standard InChI is InChI=1S/C11H12ClFN4/c1-11(4-2-3-7(14)8(11)15)9-6(13)5-16-10(12)17-9/h2-5,8H,14-15H2,1H3. The summed E-state index contributed by atoms with van der Waals surface area (Å²) in [5, 5.41) is -0.0173. The maximum atomic E-state index is 13.8. The Morgan fingerprint density at radius 3 is 2.94 bits per heavy atom. The van der Waals surface area contributed by atoms with E-state index in [1.807, 2.05) is 0 Å². The van der Waals surface area contributed by atoms with E-state index in [4.69, 9.17) is 23.1 Å². The maximum absolute atomic E-state index is 13.8. The zero-order valence-corrected chi connectivity index (χ0v) is 9.95. The van der Waals surface area contributed by atoms with Crippen LogP contribution in [0.25, 0.3) is 0 Å². The summed E-state index contributed by atoms with van der Waals surface area (Å²) in [6.07, 6.45) is 6.21. The number of aromatic nitrogens is 2. The molecule has 17 heavy (non-hydrogen) atoms. The maximum Gasteiger partial charge on any atom is 0.222 e. The first-order chi connectivity index (χ1) is 7.95. The van der Waals surface area contributed by atoms with Crippen LogP contribution in [0.4, 0.5) is 4.39 Å². The van der Waals surface area contributed by atoms with Crippen molar-refractivity contribution in [3.05, 3.63) is 46.9 Å². The van der Waals surface area contributed by atoms with E-state index in [-0.39, 0.29) is 11.0 Å². The molecule has 1 heterocycles. The van der Waals surface area contributed by atoms with E-state index in [0.717, 1.165) is 6.20 Å². The number of nitrogens with zero attached hydrogens (tertiary/aromatic N) is 2. The molecule has 0 fully saturated rings. The van der Waals surface area contributed by atoms with Gasteiger partial charge >= 0.3 is 0 Å². The summed E-state index contributed by atoms with van der Waals surface area (Å²) < 4.78 is 13.8. The number of hydrogen-bond donors (Lipinski definition) is 2. The van der Waals surface area contributed by atoms with E-state index in [1.54, 1.807) is 25.2 Å². The third-order valence-electron chi connectivity index (χ3n) is 2.96. The number of rotatable bonds is 1. The summed E-state index contributed by atoms with van der Waals surface area (Å²) in [5.74, 6) is -0.549. The zero-order chi connectivity index (χ0) is 12.6. The van der Waals surface area contributed by atoms with Crippen LogP contribution in [0.15, 0.2) is 30.1 Å². The van der Waals surface area contributed by atoms with Gasteiger partial charge in [0.15, 0.2) is 5.82 Å². The molecule has 0 amide bonds. The summed E-state index contributed by atoms with van der Waals surface area (Å²) >= 11 is 5.68. The molecular weight excluding hydrogens is 243 g/mol. The molecule has 4 N–H and O–H groups in total. The fourth-order valence-corrected chi connectivity index (χ4v) is 2.00. The highest BCUT2D eigenvalue weighted by Crippen LogP contribution is 2.33. The fraction of sp³-hybridized carbons (Fsp3) is 0.273. The Kier molecular flexibility index (Phi) is 2.89. The predicted octanol–water partition coefficient (Wildman–Crippen LogP) is 1.27. The van der Waals surface area contributed by atoms with E-state index in [2.05, 4.69) is 9.97 Å². The van der Waals surface area contributed by atoms with E-state index in [0.29, 0.717) is 5.70 Å². The Labute approximate surface area is 103 Å². The van der Waals surface area contributed by atoms with Crippen molar-refractivity contribution in [2.24, 2.45) is 11.5 Å². The lowest BCUT2D eigenvalue weighted by atomic mass is 9.75. The van der Waals surface area contributed by atoms with Gasteiger partial charge < -0.3 is 11.5 Å². The van der Waals surface area contributed by atoms with Crippen molar-refractivity contribution in [1.29, 1.82) is 0 Å². The monoisotopic (exact) mass is 254 g/mol. The van der Waals surface area contributed by atoms with Crippen LogP contribution in [0.2, 0.25) is 5.28 Å². The Morgan fingerprint density at radius 2 is 2.24 bits per heavy atom. The van der Waals surface area contributed by atoms with Gasteiger partial charge in [-0.3, -0.25) is 0 Å². The van der Waals surface area contributed by atoms with Gasteiger partial charge in [-0.25, -0.2) is 14.4 Å². The van der Waals surface area contributed by atoms with E-state index in [1.165, 1.54) is 0 Å². The molecule has 1 aromatic rings. The summed E-state index contributed by atoms with van der Waals surface area (Å²) in [6.45, 7) is 1.76. The SMILES string of the molecule is CC1(c2nc(Cl)ncc2F)C=CC=C(N)C1N. The molecule has 0 aromatic carbocycles. The normalized spacial score (nSPS) is 28.0. The van der Waals surface area contributed by atoms with Crippen LogP contribution >= 0.6 is 11.6 Å². The minimum atomic E-state index is -0.824. The van der Waals surface area contributed by atoms with Crippen molar-refractivity contribution in [1.82, 2.24) is 9.97 Å². The van der Waals surface area contributed by atoms with Crippen LogP contribution in [-0.4, -0.2) is 16.0 Å². The molecule has 1 aliphatic carbocycles. The van der Waals surface area contributed by atoms with Crippen LogP contribution in [0.5, 0.6) is 0 Å². The molecule has 2 atom stereocenters. The van der Waals surface area contributed by atoms with Crippen molar-refractivity contribution >= 4 is 11.6 Å². The highest BCUT2D eigenvalue weighted by molar-refractivity contribution is 6.28. The van der Waals surface area contributed by atoms with Gasteiger partial charge in [-0.05, 0) is 24.6 Å². The summed E-state index contributed by atoms with van der Waals surface area (Å²) in [6, 6.07) is -0.548. The Bertz CT molecular complexity index is 514. The van der Waals surface area contributed by atoms with Crippen LogP contribution in [-0.2, 0) is 5.41 Å². The topological polar surface area (TPSA) is 77.8 Å². The van der Waals surface area contributed by atoms with Gasteiger partial charge in [0.05, 0.1) is 23.3 Å². The first-order valence-corrected chi connectivity index (χ1v) is 5.42. The first-order valence-electron chi connectivity index (χ1n) is 5.04. The quantitative estimate of drug-likeness (QED) is 0.740. The van der Waals surface area contributed by atoms with Crippen molar-refractivity contribution in [2.45, 2.75) is 18.4 Å². The minimum absolute atomic E-state index is 0.0173. The average molecular weight is 255 g/mol. The fourth-order valence-electron chi connectivity index (χ4n) is 1.86. The highest BCUT2D eigenvalue weighted by Gasteiger charge is 2.38. The molecule has 0 saturated carbocycles. The highest BCUT2D eigenvalue weighted by atomic mass is 35.5. The third-order valence-corrected chi connectivity index (χ3v) is 3.14. The van der Waals surface area contributed by atoms with Gasteiger partial charge in [0.25, 0.3) is 0 Å².